The normalized spacial score (nSPS) is 10.8. The van der Waals surface area contributed by atoms with Crippen molar-refractivity contribution in [3.8, 4) is 11.5 Å². The summed E-state index contributed by atoms with van der Waals surface area (Å²) >= 11 is 3.50. The Morgan fingerprint density at radius 2 is 2.00 bits per heavy atom. The molecule has 0 saturated heterocycles. The highest BCUT2D eigenvalue weighted by Gasteiger charge is 2.08. The molecule has 3 rings (SSSR count). The molecule has 2 aromatic carbocycles. The van der Waals surface area contributed by atoms with Gasteiger partial charge in [-0.15, -0.1) is 0 Å². The van der Waals surface area contributed by atoms with Gasteiger partial charge in [-0.25, -0.2) is 0 Å². The van der Waals surface area contributed by atoms with Crippen LogP contribution in [-0.2, 0) is 6.54 Å². The third kappa shape index (κ3) is 3.06. The maximum Gasteiger partial charge on any atom is 0.136 e. The molecule has 0 saturated carbocycles. The van der Waals surface area contributed by atoms with Gasteiger partial charge in [-0.1, -0.05) is 22.0 Å². The number of halogens is 1. The van der Waals surface area contributed by atoms with Gasteiger partial charge in [-0.05, 0) is 49.5 Å². The fourth-order valence-electron chi connectivity index (χ4n) is 2.26. The van der Waals surface area contributed by atoms with E-state index in [0.717, 1.165) is 39.0 Å². The Labute approximate surface area is 132 Å². The number of fused-ring (bicyclic) bond motifs is 1. The number of aromatic nitrogens is 1. The second-order valence-corrected chi connectivity index (χ2v) is 5.63. The molecular formula is C17H15BrN2O. The van der Waals surface area contributed by atoms with E-state index in [9.17, 15) is 0 Å². The van der Waals surface area contributed by atoms with Crippen molar-refractivity contribution in [2.24, 2.45) is 0 Å². The van der Waals surface area contributed by atoms with Gasteiger partial charge in [0.15, 0.2) is 0 Å². The fraction of sp³-hybridized carbons (Fsp3) is 0.118. The second kappa shape index (κ2) is 6.24. The van der Waals surface area contributed by atoms with E-state index in [1.165, 1.54) is 0 Å². The highest BCUT2D eigenvalue weighted by atomic mass is 79.9. The predicted molar refractivity (Wildman–Crippen MR) is 88.7 cm³/mol. The number of benzene rings is 2. The topological polar surface area (TPSA) is 34.1 Å². The summed E-state index contributed by atoms with van der Waals surface area (Å²) in [5, 5.41) is 4.17. The highest BCUT2D eigenvalue weighted by molar-refractivity contribution is 9.10. The minimum atomic E-state index is 0.748. The molecule has 0 bridgehead atoms. The van der Waals surface area contributed by atoms with Crippen molar-refractivity contribution in [2.75, 3.05) is 7.05 Å². The summed E-state index contributed by atoms with van der Waals surface area (Å²) in [6.45, 7) is 0.748. The Kier molecular flexibility index (Phi) is 4.18. The molecule has 0 aliphatic heterocycles. The molecule has 21 heavy (non-hydrogen) atoms. The van der Waals surface area contributed by atoms with E-state index in [1.54, 1.807) is 6.20 Å². The van der Waals surface area contributed by atoms with E-state index in [-0.39, 0.29) is 0 Å². The quantitative estimate of drug-likeness (QED) is 0.757. The van der Waals surface area contributed by atoms with Crippen molar-refractivity contribution in [3.63, 3.8) is 0 Å². The molecule has 0 aliphatic rings. The smallest absolute Gasteiger partial charge is 0.136 e. The molecule has 4 heteroatoms. The minimum absolute atomic E-state index is 0.748. The molecule has 0 unspecified atom stereocenters. The third-order valence-electron chi connectivity index (χ3n) is 3.22. The van der Waals surface area contributed by atoms with Crippen LogP contribution in [0.15, 0.2) is 59.2 Å². The second-order valence-electron chi connectivity index (χ2n) is 4.71. The SMILES string of the molecule is CNCc1cc(Br)ccc1Oc1cccc2ncccc12. The molecule has 3 nitrogen and oxygen atoms in total. The maximum absolute atomic E-state index is 6.13. The Morgan fingerprint density at radius 3 is 2.86 bits per heavy atom. The minimum Gasteiger partial charge on any atom is -0.456 e. The van der Waals surface area contributed by atoms with Gasteiger partial charge >= 0.3 is 0 Å². The van der Waals surface area contributed by atoms with E-state index in [1.807, 2.05) is 49.5 Å². The van der Waals surface area contributed by atoms with E-state index >= 15 is 0 Å². The van der Waals surface area contributed by atoms with Gasteiger partial charge < -0.3 is 10.1 Å². The molecule has 3 aromatic rings. The van der Waals surface area contributed by atoms with Crippen LogP contribution in [0.5, 0.6) is 11.5 Å². The van der Waals surface area contributed by atoms with Crippen LogP contribution in [-0.4, -0.2) is 12.0 Å². The zero-order valence-corrected chi connectivity index (χ0v) is 13.2. The molecule has 0 spiro atoms. The monoisotopic (exact) mass is 342 g/mol. The summed E-state index contributed by atoms with van der Waals surface area (Å²) < 4.78 is 7.17. The lowest BCUT2D eigenvalue weighted by molar-refractivity contribution is 0.479. The molecule has 1 heterocycles. The molecule has 1 aromatic heterocycles. The first kappa shape index (κ1) is 14.0. The third-order valence-corrected chi connectivity index (χ3v) is 3.71. The van der Waals surface area contributed by atoms with Gasteiger partial charge in [0.2, 0.25) is 0 Å². The van der Waals surface area contributed by atoms with Crippen LogP contribution >= 0.6 is 15.9 Å². The molecule has 0 aliphatic carbocycles. The average molecular weight is 343 g/mol. The average Bonchev–Trinajstić information content (AvgIpc) is 2.50. The number of nitrogens with one attached hydrogen (secondary N) is 1. The number of hydrogen-bond acceptors (Lipinski definition) is 3. The molecular weight excluding hydrogens is 328 g/mol. The number of ether oxygens (including phenoxy) is 1. The van der Waals surface area contributed by atoms with Crippen molar-refractivity contribution in [2.45, 2.75) is 6.54 Å². The summed E-state index contributed by atoms with van der Waals surface area (Å²) in [5.74, 6) is 1.67. The van der Waals surface area contributed by atoms with E-state index in [0.29, 0.717) is 0 Å². The Balaban J connectivity index is 2.02. The summed E-state index contributed by atoms with van der Waals surface area (Å²) in [6, 6.07) is 15.9. The van der Waals surface area contributed by atoms with Crippen molar-refractivity contribution in [3.05, 3.63) is 64.8 Å². The van der Waals surface area contributed by atoms with Gasteiger partial charge in [-0.3, -0.25) is 4.98 Å². The van der Waals surface area contributed by atoms with Gasteiger partial charge in [-0.2, -0.15) is 0 Å². The summed E-state index contributed by atoms with van der Waals surface area (Å²) in [4.78, 5) is 4.36. The van der Waals surface area contributed by atoms with E-state index in [4.69, 9.17) is 4.74 Å². The van der Waals surface area contributed by atoms with Crippen LogP contribution in [0.1, 0.15) is 5.56 Å². The lowest BCUT2D eigenvalue weighted by Gasteiger charge is -2.13. The molecule has 1 N–H and O–H groups in total. The highest BCUT2D eigenvalue weighted by Crippen LogP contribution is 2.32. The lowest BCUT2D eigenvalue weighted by Crippen LogP contribution is -2.06. The van der Waals surface area contributed by atoms with E-state index < -0.39 is 0 Å². The molecule has 0 fully saturated rings. The first-order chi connectivity index (χ1) is 10.3. The lowest BCUT2D eigenvalue weighted by atomic mass is 10.2. The summed E-state index contributed by atoms with van der Waals surface area (Å²) in [7, 11) is 1.92. The largest absolute Gasteiger partial charge is 0.456 e. The van der Waals surface area contributed by atoms with Gasteiger partial charge in [0.1, 0.15) is 11.5 Å². The van der Waals surface area contributed by atoms with Crippen molar-refractivity contribution < 1.29 is 4.74 Å². The predicted octanol–water partition coefficient (Wildman–Crippen LogP) is 4.51. The van der Waals surface area contributed by atoms with Crippen molar-refractivity contribution in [1.29, 1.82) is 0 Å². The van der Waals surface area contributed by atoms with Gasteiger partial charge in [0, 0.05) is 28.2 Å². The zero-order valence-electron chi connectivity index (χ0n) is 11.6. The van der Waals surface area contributed by atoms with Crippen LogP contribution < -0.4 is 10.1 Å². The summed E-state index contributed by atoms with van der Waals surface area (Å²) in [5.41, 5.74) is 2.04. The van der Waals surface area contributed by atoms with Crippen LogP contribution in [0.3, 0.4) is 0 Å². The summed E-state index contributed by atoms with van der Waals surface area (Å²) in [6.07, 6.45) is 1.79. The van der Waals surface area contributed by atoms with Gasteiger partial charge in [0.05, 0.1) is 5.52 Å². The molecule has 0 radical (unpaired) electrons. The fourth-order valence-corrected chi connectivity index (χ4v) is 2.67. The molecule has 106 valence electrons. The number of nitrogens with zero attached hydrogens (tertiary/aromatic N) is 1. The first-order valence-electron chi connectivity index (χ1n) is 6.72. The van der Waals surface area contributed by atoms with Crippen molar-refractivity contribution >= 4 is 26.8 Å². The Bertz CT molecular complexity index is 768. The van der Waals surface area contributed by atoms with Crippen molar-refractivity contribution in [1.82, 2.24) is 10.3 Å². The Morgan fingerprint density at radius 1 is 1.10 bits per heavy atom. The van der Waals surface area contributed by atoms with E-state index in [2.05, 4.69) is 32.3 Å². The number of pyridine rings is 1. The molecule has 0 amide bonds. The molecule has 0 atom stereocenters. The zero-order chi connectivity index (χ0) is 14.7. The first-order valence-corrected chi connectivity index (χ1v) is 7.52. The standard InChI is InChI=1S/C17H15BrN2O/c1-19-11-12-10-13(18)7-8-16(12)21-17-6-2-5-15-14(17)4-3-9-20-15/h2-10,19H,11H2,1H3. The van der Waals surface area contributed by atoms with Crippen LogP contribution in [0.2, 0.25) is 0 Å². The van der Waals surface area contributed by atoms with Crippen LogP contribution in [0.4, 0.5) is 0 Å². The van der Waals surface area contributed by atoms with Gasteiger partial charge in [0.25, 0.3) is 0 Å². The Hall–Kier alpha value is -1.91. The number of rotatable bonds is 4. The van der Waals surface area contributed by atoms with Crippen LogP contribution in [0.25, 0.3) is 10.9 Å². The number of hydrogen-bond donors (Lipinski definition) is 1. The van der Waals surface area contributed by atoms with Crippen LogP contribution in [0, 0.1) is 0 Å². The maximum atomic E-state index is 6.13.